The summed E-state index contributed by atoms with van der Waals surface area (Å²) in [6.45, 7) is 4.54. The molecule has 2 aromatic heterocycles. The van der Waals surface area contributed by atoms with Gasteiger partial charge in [-0.3, -0.25) is 0 Å². The largest absolute Gasteiger partial charge is 0.478 e. The first kappa shape index (κ1) is 15.4. The lowest BCUT2D eigenvalue weighted by Gasteiger charge is -2.13. The summed E-state index contributed by atoms with van der Waals surface area (Å²) in [5.74, 6) is -0.582. The second-order valence-corrected chi connectivity index (χ2v) is 5.45. The number of thiophene rings is 1. The zero-order valence-electron chi connectivity index (χ0n) is 12.2. The van der Waals surface area contributed by atoms with Gasteiger partial charge in [-0.15, -0.1) is 5.10 Å². The van der Waals surface area contributed by atoms with E-state index in [9.17, 15) is 9.90 Å². The quantitative estimate of drug-likeness (QED) is 0.822. The van der Waals surface area contributed by atoms with Gasteiger partial charge in [0.1, 0.15) is 5.56 Å². The van der Waals surface area contributed by atoms with Gasteiger partial charge in [0.25, 0.3) is 0 Å². The number of carboxylic acids is 1. The minimum atomic E-state index is -0.950. The van der Waals surface area contributed by atoms with Crippen LogP contribution in [0.3, 0.4) is 0 Å². The number of anilines is 1. The van der Waals surface area contributed by atoms with Crippen molar-refractivity contribution in [3.8, 4) is 0 Å². The van der Waals surface area contributed by atoms with E-state index in [1.807, 2.05) is 19.2 Å². The number of aromatic nitrogens is 2. The van der Waals surface area contributed by atoms with Crippen molar-refractivity contribution in [3.05, 3.63) is 39.2 Å². The van der Waals surface area contributed by atoms with Crippen molar-refractivity contribution in [2.75, 3.05) is 11.9 Å². The highest BCUT2D eigenvalue weighted by Crippen LogP contribution is 2.21. The van der Waals surface area contributed by atoms with E-state index in [0.29, 0.717) is 25.2 Å². The number of hydrogen-bond donors (Lipinski definition) is 2. The normalized spacial score (nSPS) is 10.6. The van der Waals surface area contributed by atoms with Crippen molar-refractivity contribution in [1.82, 2.24) is 10.2 Å². The number of nitrogens with zero attached hydrogens (tertiary/aromatic N) is 2. The average Bonchev–Trinajstić information content (AvgIpc) is 2.99. The maximum Gasteiger partial charge on any atom is 0.339 e. The molecule has 0 aromatic carbocycles. The lowest BCUT2D eigenvalue weighted by molar-refractivity contribution is 0.0696. The average molecular weight is 305 g/mol. The third-order valence-corrected chi connectivity index (χ3v) is 4.08. The molecule has 112 valence electrons. The topological polar surface area (TPSA) is 75.1 Å². The summed E-state index contributed by atoms with van der Waals surface area (Å²) < 4.78 is 0. The Labute approximate surface area is 128 Å². The molecule has 0 spiro atoms. The molecule has 0 aliphatic rings. The van der Waals surface area contributed by atoms with Crippen LogP contribution in [-0.2, 0) is 19.3 Å². The van der Waals surface area contributed by atoms with Crippen molar-refractivity contribution >= 4 is 23.1 Å². The summed E-state index contributed by atoms with van der Waals surface area (Å²) in [7, 11) is 0. The molecule has 0 aliphatic carbocycles. The minimum Gasteiger partial charge on any atom is -0.478 e. The lowest BCUT2D eigenvalue weighted by atomic mass is 10.0. The van der Waals surface area contributed by atoms with Crippen LogP contribution in [0.2, 0.25) is 0 Å². The van der Waals surface area contributed by atoms with Gasteiger partial charge in [-0.05, 0) is 47.2 Å². The van der Waals surface area contributed by atoms with Gasteiger partial charge in [-0.25, -0.2) is 4.79 Å². The molecule has 6 heteroatoms. The van der Waals surface area contributed by atoms with Crippen molar-refractivity contribution in [2.45, 2.75) is 33.1 Å². The summed E-state index contributed by atoms with van der Waals surface area (Å²) >= 11 is 1.66. The SMILES string of the molecule is CCc1nnc(NCCc2ccsc2)c(C(=O)O)c1CC. The Morgan fingerprint density at radius 2 is 2.14 bits per heavy atom. The van der Waals surface area contributed by atoms with Gasteiger partial charge in [-0.2, -0.15) is 16.4 Å². The third kappa shape index (κ3) is 3.58. The van der Waals surface area contributed by atoms with Crippen molar-refractivity contribution < 1.29 is 9.90 Å². The summed E-state index contributed by atoms with van der Waals surface area (Å²) in [5.41, 5.74) is 3.03. The van der Waals surface area contributed by atoms with Gasteiger partial charge < -0.3 is 10.4 Å². The number of rotatable bonds is 7. The maximum absolute atomic E-state index is 11.6. The zero-order valence-corrected chi connectivity index (χ0v) is 13.0. The summed E-state index contributed by atoms with van der Waals surface area (Å²) in [4.78, 5) is 11.6. The molecule has 0 saturated carbocycles. The highest BCUT2D eigenvalue weighted by Gasteiger charge is 2.19. The Hall–Kier alpha value is -1.95. The molecular formula is C15H19N3O2S. The second kappa shape index (κ2) is 7.17. The zero-order chi connectivity index (χ0) is 15.2. The molecule has 0 fully saturated rings. The van der Waals surface area contributed by atoms with Gasteiger partial charge in [0.15, 0.2) is 5.82 Å². The van der Waals surface area contributed by atoms with E-state index in [4.69, 9.17) is 0 Å². The number of aromatic carboxylic acids is 1. The predicted molar refractivity (Wildman–Crippen MR) is 84.3 cm³/mol. The Morgan fingerprint density at radius 3 is 2.71 bits per heavy atom. The third-order valence-electron chi connectivity index (χ3n) is 3.35. The molecule has 0 amide bonds. The molecule has 0 aliphatic heterocycles. The molecule has 0 bridgehead atoms. The first-order valence-corrected chi connectivity index (χ1v) is 7.98. The smallest absolute Gasteiger partial charge is 0.339 e. The summed E-state index contributed by atoms with van der Waals surface area (Å²) in [5, 5.41) is 24.9. The van der Waals surface area contributed by atoms with Crippen LogP contribution in [0.15, 0.2) is 16.8 Å². The Balaban J connectivity index is 2.20. The first-order valence-electron chi connectivity index (χ1n) is 7.04. The van der Waals surface area contributed by atoms with E-state index in [1.165, 1.54) is 5.56 Å². The Bertz CT molecular complexity index is 612. The summed E-state index contributed by atoms with van der Waals surface area (Å²) in [6, 6.07) is 2.06. The fourth-order valence-electron chi connectivity index (χ4n) is 2.29. The predicted octanol–water partition coefficient (Wildman–Crippen LogP) is 3.02. The van der Waals surface area contributed by atoms with E-state index < -0.39 is 5.97 Å². The van der Waals surface area contributed by atoms with Crippen LogP contribution < -0.4 is 5.32 Å². The van der Waals surface area contributed by atoms with Crippen LogP contribution in [0.25, 0.3) is 0 Å². The Kier molecular flexibility index (Phi) is 5.27. The monoisotopic (exact) mass is 305 g/mol. The lowest BCUT2D eigenvalue weighted by Crippen LogP contribution is -2.16. The molecule has 0 radical (unpaired) electrons. The number of aryl methyl sites for hydroxylation is 1. The molecule has 21 heavy (non-hydrogen) atoms. The van der Waals surface area contributed by atoms with E-state index in [0.717, 1.165) is 17.7 Å². The van der Waals surface area contributed by atoms with Crippen molar-refractivity contribution in [1.29, 1.82) is 0 Å². The molecule has 0 saturated heterocycles. The number of nitrogens with one attached hydrogen (secondary N) is 1. The van der Waals surface area contributed by atoms with Crippen molar-refractivity contribution in [2.24, 2.45) is 0 Å². The highest BCUT2D eigenvalue weighted by atomic mass is 32.1. The van der Waals surface area contributed by atoms with Crippen LogP contribution >= 0.6 is 11.3 Å². The van der Waals surface area contributed by atoms with Crippen LogP contribution in [0.5, 0.6) is 0 Å². The molecule has 2 aromatic rings. The van der Waals surface area contributed by atoms with Gasteiger partial charge in [0.05, 0.1) is 5.69 Å². The molecule has 2 heterocycles. The minimum absolute atomic E-state index is 0.259. The van der Waals surface area contributed by atoms with Crippen molar-refractivity contribution in [3.63, 3.8) is 0 Å². The van der Waals surface area contributed by atoms with Gasteiger partial charge in [-0.1, -0.05) is 13.8 Å². The van der Waals surface area contributed by atoms with Gasteiger partial charge >= 0.3 is 5.97 Å². The van der Waals surface area contributed by atoms with Crippen LogP contribution in [-0.4, -0.2) is 27.8 Å². The maximum atomic E-state index is 11.6. The number of carboxylic acid groups (broad SMARTS) is 1. The van der Waals surface area contributed by atoms with E-state index in [-0.39, 0.29) is 5.56 Å². The standard InChI is InChI=1S/C15H19N3O2S/c1-3-11-12(4-2)17-18-14(13(11)15(19)20)16-7-5-10-6-8-21-9-10/h6,8-9H,3-5,7H2,1-2H3,(H,16,18)(H,19,20). The molecule has 5 nitrogen and oxygen atoms in total. The first-order chi connectivity index (χ1) is 10.2. The van der Waals surface area contributed by atoms with Crippen LogP contribution in [0, 0.1) is 0 Å². The van der Waals surface area contributed by atoms with E-state index in [1.54, 1.807) is 11.3 Å². The molecular weight excluding hydrogens is 286 g/mol. The fourth-order valence-corrected chi connectivity index (χ4v) is 2.99. The number of carbonyl (C=O) groups is 1. The molecule has 0 unspecified atom stereocenters. The molecule has 0 atom stereocenters. The number of hydrogen-bond acceptors (Lipinski definition) is 5. The second-order valence-electron chi connectivity index (χ2n) is 4.67. The van der Waals surface area contributed by atoms with Crippen LogP contribution in [0.1, 0.15) is 41.0 Å². The molecule has 2 N–H and O–H groups in total. The summed E-state index contributed by atoms with van der Waals surface area (Å²) in [6.07, 6.45) is 2.16. The molecule has 2 rings (SSSR count). The highest BCUT2D eigenvalue weighted by molar-refractivity contribution is 7.07. The fraction of sp³-hybridized carbons (Fsp3) is 0.400. The van der Waals surface area contributed by atoms with Crippen LogP contribution in [0.4, 0.5) is 5.82 Å². The Morgan fingerprint density at radius 1 is 1.33 bits per heavy atom. The van der Waals surface area contributed by atoms with Gasteiger partial charge in [0.2, 0.25) is 0 Å². The van der Waals surface area contributed by atoms with E-state index in [2.05, 4.69) is 27.0 Å². The van der Waals surface area contributed by atoms with E-state index >= 15 is 0 Å². The van der Waals surface area contributed by atoms with Gasteiger partial charge in [0, 0.05) is 6.54 Å².